The smallest absolute Gasteiger partial charge is 0.284 e. The average Bonchev–Trinajstić information content (AvgIpc) is 4.13. The van der Waals surface area contributed by atoms with Gasteiger partial charge in [0.05, 0.1) is 47.8 Å². The molecule has 1 unspecified atom stereocenters. The van der Waals surface area contributed by atoms with Gasteiger partial charge in [0.2, 0.25) is 11.8 Å². The van der Waals surface area contributed by atoms with E-state index in [0.29, 0.717) is 29.5 Å². The van der Waals surface area contributed by atoms with Crippen molar-refractivity contribution in [3.05, 3.63) is 65.2 Å². The zero-order valence-electron chi connectivity index (χ0n) is 35.4. The van der Waals surface area contributed by atoms with Gasteiger partial charge in [0.15, 0.2) is 11.3 Å². The second kappa shape index (κ2) is 16.0. The van der Waals surface area contributed by atoms with Gasteiger partial charge in [-0.25, -0.2) is 18.3 Å². The average molecular weight is 880 g/mol. The molecule has 3 N–H and O–H groups in total. The van der Waals surface area contributed by atoms with Crippen LogP contribution in [0.5, 0.6) is 0 Å². The van der Waals surface area contributed by atoms with Crippen molar-refractivity contribution in [1.82, 2.24) is 39.5 Å². The maximum atomic E-state index is 14.3. The molecule has 5 aliphatic heterocycles. The van der Waals surface area contributed by atoms with Gasteiger partial charge in [0.25, 0.3) is 24.1 Å². The van der Waals surface area contributed by atoms with Gasteiger partial charge in [-0.1, -0.05) is 0 Å². The fourth-order valence-corrected chi connectivity index (χ4v) is 11.6. The van der Waals surface area contributed by atoms with E-state index in [9.17, 15) is 32.8 Å². The standard InChI is InChI=1S/C45H51F2N11O6/c46-39(47)38-34(50-41(60)33-20-49-56-12-9-36(51-40(33)56)55-22-30-16-29(55)24-64-30)23-57(53-38)28-4-1-25(2-5-28)21-54-13-10-45(11-14-54)17-26(18-45)19-48-27-3-6-31-32(15-27)44(63)58(43(31)62)35-7-8-37(59)52-42(35)61/h3,6,9,12,15,20,23,25-26,28-30,35,39,48H,1-2,4-5,7-8,10-11,13-14,16-19,21-22,24H2,(H,50,60)(H,52,59,61)/t25?,28?,29-,30-,35?/m1/s1. The number of halogens is 2. The second-order valence-corrected chi connectivity index (χ2v) is 19.1. The Balaban J connectivity index is 0.635. The predicted octanol–water partition coefficient (Wildman–Crippen LogP) is 4.83. The molecule has 19 heteroatoms. The molecule has 0 radical (unpaired) electrons. The number of alkyl halides is 2. The van der Waals surface area contributed by atoms with Crippen LogP contribution < -0.4 is 20.9 Å². The molecule has 4 saturated heterocycles. The molecule has 7 aliphatic rings. The summed E-state index contributed by atoms with van der Waals surface area (Å²) in [5.41, 5.74) is 1.77. The van der Waals surface area contributed by atoms with Gasteiger partial charge in [-0.3, -0.25) is 38.9 Å². The molecule has 8 heterocycles. The molecule has 6 fully saturated rings. The molecule has 64 heavy (non-hydrogen) atoms. The number of hydrogen-bond donors (Lipinski definition) is 3. The fourth-order valence-electron chi connectivity index (χ4n) is 11.6. The predicted molar refractivity (Wildman–Crippen MR) is 227 cm³/mol. The molecule has 1 aromatic carbocycles. The molecule has 336 valence electrons. The Kier molecular flexibility index (Phi) is 10.2. The summed E-state index contributed by atoms with van der Waals surface area (Å²) < 4.78 is 37.5. The summed E-state index contributed by atoms with van der Waals surface area (Å²) in [6.07, 6.45) is 11.4. The largest absolute Gasteiger partial charge is 0.385 e. The fraction of sp³-hybridized carbons (Fsp3) is 0.556. The maximum absolute atomic E-state index is 14.3. The van der Waals surface area contributed by atoms with E-state index in [4.69, 9.17) is 9.72 Å². The Morgan fingerprint density at radius 2 is 1.77 bits per heavy atom. The highest BCUT2D eigenvalue weighted by Gasteiger charge is 2.47. The van der Waals surface area contributed by atoms with Crippen LogP contribution in [-0.4, -0.2) is 121 Å². The first kappa shape index (κ1) is 40.9. The second-order valence-electron chi connectivity index (χ2n) is 19.1. The molecule has 4 aromatic rings. The van der Waals surface area contributed by atoms with Crippen LogP contribution in [0.25, 0.3) is 5.65 Å². The van der Waals surface area contributed by atoms with Crippen LogP contribution in [0.4, 0.5) is 26.0 Å². The number of amides is 5. The van der Waals surface area contributed by atoms with Crippen molar-refractivity contribution in [3.63, 3.8) is 0 Å². The van der Waals surface area contributed by atoms with Gasteiger partial charge in [-0.15, -0.1) is 0 Å². The van der Waals surface area contributed by atoms with E-state index in [0.717, 1.165) is 107 Å². The van der Waals surface area contributed by atoms with Crippen molar-refractivity contribution < 1.29 is 37.5 Å². The first-order chi connectivity index (χ1) is 31.0. The molecule has 11 rings (SSSR count). The summed E-state index contributed by atoms with van der Waals surface area (Å²) in [5.74, 6) is -0.835. The molecule has 3 atom stereocenters. The van der Waals surface area contributed by atoms with E-state index in [-0.39, 0.29) is 53.4 Å². The first-order valence-corrected chi connectivity index (χ1v) is 22.7. The van der Waals surface area contributed by atoms with Crippen molar-refractivity contribution in [3.8, 4) is 0 Å². The highest BCUT2D eigenvalue weighted by molar-refractivity contribution is 6.23. The van der Waals surface area contributed by atoms with Crippen molar-refractivity contribution in [1.29, 1.82) is 0 Å². The summed E-state index contributed by atoms with van der Waals surface area (Å²) in [6.45, 7) is 5.29. The normalized spacial score (nSPS) is 26.9. The Morgan fingerprint density at radius 1 is 0.969 bits per heavy atom. The van der Waals surface area contributed by atoms with Crippen molar-refractivity contribution in [2.45, 2.75) is 101 Å². The minimum atomic E-state index is -2.86. The zero-order valence-corrected chi connectivity index (χ0v) is 35.4. The van der Waals surface area contributed by atoms with Crippen LogP contribution in [0.2, 0.25) is 0 Å². The zero-order chi connectivity index (χ0) is 43.9. The van der Waals surface area contributed by atoms with E-state index in [2.05, 4.69) is 35.9 Å². The number of nitrogens with zero attached hydrogens (tertiary/aromatic N) is 8. The van der Waals surface area contributed by atoms with E-state index in [1.165, 1.54) is 10.7 Å². The SMILES string of the molecule is O=C1CCC(N2C(=O)c3ccc(NCC4CC5(CCN(CC6CCC(n7cc(NC(=O)c8cnn9ccc(N%10C[C@H]%11C[C@@H]%10CO%11)nc89)c(C(F)F)n7)CC6)CC5)C4)cc3C2=O)C(=O)N1. The molecule has 3 aromatic heterocycles. The van der Waals surface area contributed by atoms with E-state index in [1.54, 1.807) is 35.3 Å². The molecule has 2 aliphatic carbocycles. The lowest BCUT2D eigenvalue weighted by Gasteiger charge is -2.53. The number of ether oxygens (including phenoxy) is 1. The summed E-state index contributed by atoms with van der Waals surface area (Å²) in [6, 6.07) is 6.23. The number of anilines is 3. The maximum Gasteiger partial charge on any atom is 0.284 e. The number of rotatable bonds is 11. The van der Waals surface area contributed by atoms with Crippen molar-refractivity contribution >= 4 is 52.4 Å². The number of benzene rings is 1. The lowest BCUT2D eigenvalue weighted by atomic mass is 9.57. The van der Waals surface area contributed by atoms with Crippen LogP contribution in [-0.2, 0) is 14.3 Å². The lowest BCUT2D eigenvalue weighted by Crippen LogP contribution is -2.54. The number of fused-ring (bicyclic) bond motifs is 4. The lowest BCUT2D eigenvalue weighted by molar-refractivity contribution is -0.136. The van der Waals surface area contributed by atoms with E-state index >= 15 is 0 Å². The number of imide groups is 2. The third-order valence-electron chi connectivity index (χ3n) is 15.1. The van der Waals surface area contributed by atoms with Crippen LogP contribution in [0, 0.1) is 17.3 Å². The number of aromatic nitrogens is 5. The van der Waals surface area contributed by atoms with Crippen LogP contribution in [0.15, 0.2) is 42.9 Å². The molecular formula is C45H51F2N11O6. The Hall–Kier alpha value is -5.82. The van der Waals surface area contributed by atoms with Crippen LogP contribution >= 0.6 is 0 Å². The first-order valence-electron chi connectivity index (χ1n) is 22.7. The van der Waals surface area contributed by atoms with E-state index in [1.807, 2.05) is 6.07 Å². The molecule has 17 nitrogen and oxygen atoms in total. The Labute approximate surface area is 367 Å². The third-order valence-corrected chi connectivity index (χ3v) is 15.1. The highest BCUT2D eigenvalue weighted by atomic mass is 19.3. The van der Waals surface area contributed by atoms with Crippen LogP contribution in [0.1, 0.15) is 120 Å². The van der Waals surface area contributed by atoms with Gasteiger partial charge in [0.1, 0.15) is 17.4 Å². The molecular weight excluding hydrogens is 829 g/mol. The third kappa shape index (κ3) is 7.39. The number of likely N-dealkylation sites (tertiary alicyclic amines) is 1. The Bertz CT molecular complexity index is 2540. The van der Waals surface area contributed by atoms with Gasteiger partial charge in [-0.05, 0) is 119 Å². The minimum Gasteiger partial charge on any atom is -0.385 e. The number of carbonyl (C=O) groups excluding carboxylic acids is 5. The quantitative estimate of drug-likeness (QED) is 0.175. The van der Waals surface area contributed by atoms with Crippen molar-refractivity contribution in [2.75, 3.05) is 54.9 Å². The monoisotopic (exact) mass is 879 g/mol. The van der Waals surface area contributed by atoms with Crippen LogP contribution in [0.3, 0.4) is 0 Å². The number of carbonyl (C=O) groups is 5. The molecule has 2 saturated carbocycles. The van der Waals surface area contributed by atoms with Crippen molar-refractivity contribution in [2.24, 2.45) is 17.3 Å². The van der Waals surface area contributed by atoms with E-state index < -0.39 is 47.7 Å². The number of hydrogen-bond acceptors (Lipinski definition) is 12. The topological polar surface area (TPSA) is 188 Å². The summed E-state index contributed by atoms with van der Waals surface area (Å²) >= 11 is 0. The minimum absolute atomic E-state index is 0.000359. The molecule has 1 spiro atoms. The number of morpholine rings is 1. The van der Waals surface area contributed by atoms with Gasteiger partial charge < -0.3 is 25.2 Å². The molecule has 5 amide bonds. The summed E-state index contributed by atoms with van der Waals surface area (Å²) in [7, 11) is 0. The number of piperidine rings is 2. The Morgan fingerprint density at radius 3 is 2.50 bits per heavy atom. The summed E-state index contributed by atoms with van der Waals surface area (Å²) in [5, 5.41) is 17.0. The number of nitrogens with one attached hydrogen (secondary N) is 3. The van der Waals surface area contributed by atoms with Gasteiger partial charge >= 0.3 is 0 Å². The molecule has 2 bridgehead atoms. The summed E-state index contributed by atoms with van der Waals surface area (Å²) in [4.78, 5) is 74.4. The van der Waals surface area contributed by atoms with Gasteiger partial charge in [0, 0.05) is 44.1 Å². The van der Waals surface area contributed by atoms with Gasteiger partial charge in [-0.2, -0.15) is 10.2 Å². The highest BCUT2D eigenvalue weighted by Crippen LogP contribution is 2.53.